The Labute approximate surface area is 156 Å². The number of rotatable bonds is 0. The van der Waals surface area contributed by atoms with Crippen LogP contribution in [-0.4, -0.2) is 19.9 Å². The summed E-state index contributed by atoms with van der Waals surface area (Å²) in [6, 6.07) is 0. The molecule has 2 rings (SSSR count). The van der Waals surface area contributed by atoms with Crippen molar-refractivity contribution >= 4 is 23.6 Å². The number of hydrogen-bond donors (Lipinski definition) is 4. The van der Waals surface area contributed by atoms with Crippen LogP contribution in [0.4, 0.5) is 0 Å². The summed E-state index contributed by atoms with van der Waals surface area (Å²) in [5.41, 5.74) is -1.65. The van der Waals surface area contributed by atoms with Gasteiger partial charge in [-0.15, -0.1) is 12.4 Å². The van der Waals surface area contributed by atoms with Crippen LogP contribution >= 0.6 is 12.4 Å². The van der Waals surface area contributed by atoms with Crippen LogP contribution in [0.2, 0.25) is 0 Å². The first-order valence-corrected chi connectivity index (χ1v) is 3.11. The quantitative estimate of drug-likeness (QED) is 0.356. The molecule has 15 heavy (non-hydrogen) atoms. The molecule has 0 aliphatic heterocycles. The van der Waals surface area contributed by atoms with Crippen LogP contribution in [0.25, 0.3) is 11.2 Å². The van der Waals surface area contributed by atoms with Crippen molar-refractivity contribution in [2.75, 3.05) is 0 Å². The van der Waals surface area contributed by atoms with Gasteiger partial charge in [-0.2, -0.15) is 0 Å². The fraction of sp³-hybridized carbons (Fsp3) is 0. The molecule has 2 aromatic rings. The summed E-state index contributed by atoms with van der Waals surface area (Å²) in [4.78, 5) is 41.0. The Balaban J connectivity index is -0.000000169. The van der Waals surface area contributed by atoms with Crippen LogP contribution in [-0.2, 0) is 0 Å². The molecule has 0 saturated heterocycles. The third-order valence-corrected chi connectivity index (χ3v) is 1.42. The van der Waals surface area contributed by atoms with Crippen LogP contribution in [0.3, 0.4) is 0 Å². The van der Waals surface area contributed by atoms with Gasteiger partial charge in [-0.1, -0.05) is 0 Å². The number of halogens is 1. The topological polar surface area (TPSA) is 114 Å². The van der Waals surface area contributed by atoms with Crippen LogP contribution in [0.5, 0.6) is 0 Å². The van der Waals surface area contributed by atoms with Crippen molar-refractivity contribution in [1.29, 1.82) is 0 Å². The summed E-state index contributed by atoms with van der Waals surface area (Å²) in [6.45, 7) is 0. The molecule has 74 valence electrons. The Kier molecular flexibility index (Phi) is 8.82. The van der Waals surface area contributed by atoms with Gasteiger partial charge in [0.1, 0.15) is 11.2 Å². The second-order valence-electron chi connectivity index (χ2n) is 2.24. The summed E-state index contributed by atoms with van der Waals surface area (Å²) in [5.74, 6) is 0. The van der Waals surface area contributed by atoms with Crippen molar-refractivity contribution in [2.45, 2.75) is 0 Å². The number of nitrogens with one attached hydrogen (secondary N) is 4. The van der Waals surface area contributed by atoms with E-state index in [-0.39, 0.29) is 107 Å². The van der Waals surface area contributed by atoms with Crippen LogP contribution in [0, 0.1) is 0 Å². The van der Waals surface area contributed by atoms with E-state index in [1.165, 1.54) is 0 Å². The molecule has 7 nitrogen and oxygen atoms in total. The summed E-state index contributed by atoms with van der Waals surface area (Å²) < 4.78 is 0. The van der Waals surface area contributed by atoms with Gasteiger partial charge in [0.25, 0.3) is 5.56 Å². The zero-order chi connectivity index (χ0) is 8.72. The number of imidazole rings is 1. The summed E-state index contributed by atoms with van der Waals surface area (Å²) >= 11 is 0. The summed E-state index contributed by atoms with van der Waals surface area (Å²) in [5, 5.41) is 0. The molecule has 0 aliphatic carbocycles. The molecule has 0 unspecified atom stereocenters. The zero-order valence-corrected chi connectivity index (χ0v) is 14.1. The van der Waals surface area contributed by atoms with E-state index in [1.807, 2.05) is 4.98 Å². The molecule has 4 N–H and O–H groups in total. The molecule has 0 aromatic carbocycles. The fourth-order valence-electron chi connectivity index (χ4n) is 0.958. The standard InChI is InChI=1S/C5H4N4O3.ClH.K.Na.2H/c10-3-1-2(7-4(11)6-1)8-5(12)9-3;;;;;/h(H4,6,7,8,9,10,11,12);1H;;;;/q;;2*+1;2*-1. The van der Waals surface area contributed by atoms with Gasteiger partial charge in [-0.05, 0) is 0 Å². The fourth-order valence-corrected chi connectivity index (χ4v) is 0.958. The molecule has 2 aromatic heterocycles. The molecule has 0 amide bonds. The maximum Gasteiger partial charge on any atom is 1.00 e. The minimum absolute atomic E-state index is 0. The average Bonchev–Trinajstić information content (AvgIpc) is 2.29. The maximum atomic E-state index is 10.9. The van der Waals surface area contributed by atoms with Crippen molar-refractivity contribution in [3.8, 4) is 0 Å². The maximum absolute atomic E-state index is 10.9. The van der Waals surface area contributed by atoms with Gasteiger partial charge >= 0.3 is 92.3 Å². The number of aromatic nitrogens is 4. The first kappa shape index (κ1) is 18.2. The Morgan fingerprint density at radius 1 is 0.867 bits per heavy atom. The summed E-state index contributed by atoms with van der Waals surface area (Å²) in [7, 11) is 0. The molecule has 0 atom stereocenters. The predicted octanol–water partition coefficient (Wildman–Crippen LogP) is -7.11. The Morgan fingerprint density at radius 3 is 1.87 bits per heavy atom. The smallest absolute Gasteiger partial charge is 1.00 e. The molecule has 0 saturated carbocycles. The van der Waals surface area contributed by atoms with Gasteiger partial charge in [0.05, 0.1) is 0 Å². The van der Waals surface area contributed by atoms with Crippen molar-refractivity contribution < 1.29 is 83.8 Å². The third-order valence-electron chi connectivity index (χ3n) is 1.42. The van der Waals surface area contributed by atoms with Crippen molar-refractivity contribution in [3.05, 3.63) is 31.3 Å². The molecule has 10 heteroatoms. The minimum atomic E-state index is -0.650. The van der Waals surface area contributed by atoms with Crippen LogP contribution < -0.4 is 97.9 Å². The molecule has 0 spiro atoms. The largest absolute Gasteiger partial charge is 1.00 e. The first-order valence-electron chi connectivity index (χ1n) is 3.11. The van der Waals surface area contributed by atoms with E-state index in [0.29, 0.717) is 0 Å². The first-order chi connectivity index (χ1) is 5.66. The van der Waals surface area contributed by atoms with Gasteiger partial charge in [0.15, 0.2) is 0 Å². The van der Waals surface area contributed by atoms with E-state index in [0.717, 1.165) is 0 Å². The molecule has 0 radical (unpaired) electrons. The van der Waals surface area contributed by atoms with Crippen LogP contribution in [0.1, 0.15) is 2.85 Å². The van der Waals surface area contributed by atoms with E-state index in [1.54, 1.807) is 0 Å². The van der Waals surface area contributed by atoms with E-state index in [4.69, 9.17) is 0 Å². The van der Waals surface area contributed by atoms with Gasteiger partial charge in [-0.3, -0.25) is 24.7 Å². The van der Waals surface area contributed by atoms with Crippen molar-refractivity contribution in [1.82, 2.24) is 19.9 Å². The van der Waals surface area contributed by atoms with Crippen molar-refractivity contribution in [2.24, 2.45) is 0 Å². The van der Waals surface area contributed by atoms with E-state index < -0.39 is 16.9 Å². The van der Waals surface area contributed by atoms with E-state index in [2.05, 4.69) is 15.0 Å². The number of fused-ring (bicyclic) bond motifs is 1. The molecular formula is C5H7ClKN4NaO3. The van der Waals surface area contributed by atoms with Gasteiger partial charge in [0, 0.05) is 0 Å². The minimum Gasteiger partial charge on any atom is -1.00 e. The predicted molar refractivity (Wildman–Crippen MR) is 49.6 cm³/mol. The number of hydrogen-bond acceptors (Lipinski definition) is 3. The van der Waals surface area contributed by atoms with Gasteiger partial charge in [0.2, 0.25) is 0 Å². The SMILES string of the molecule is Cl.O=c1[nH]c(=O)c2[nH]c(=O)[nH]c2[nH]1.[H-].[H-].[K+].[Na+]. The molecule has 0 bridgehead atoms. The summed E-state index contributed by atoms with van der Waals surface area (Å²) in [6.07, 6.45) is 0. The zero-order valence-electron chi connectivity index (χ0n) is 10.1. The average molecular weight is 269 g/mol. The molecule has 0 fully saturated rings. The number of aromatic amines is 4. The Hall–Kier alpha value is 0.876. The molecular weight excluding hydrogens is 262 g/mol. The monoisotopic (exact) mass is 268 g/mol. The molecule has 0 aliphatic rings. The van der Waals surface area contributed by atoms with Crippen molar-refractivity contribution in [3.63, 3.8) is 0 Å². The Bertz CT molecular complexity index is 607. The van der Waals surface area contributed by atoms with E-state index >= 15 is 0 Å². The second-order valence-corrected chi connectivity index (χ2v) is 2.24. The van der Waals surface area contributed by atoms with Gasteiger partial charge < -0.3 is 2.85 Å². The Morgan fingerprint density at radius 2 is 1.33 bits per heavy atom. The van der Waals surface area contributed by atoms with Gasteiger partial charge in [-0.25, -0.2) is 9.59 Å². The van der Waals surface area contributed by atoms with E-state index in [9.17, 15) is 14.4 Å². The molecule has 2 heterocycles. The normalized spacial score (nSPS) is 8.53. The number of H-pyrrole nitrogens is 4. The third kappa shape index (κ3) is 3.99. The second kappa shape index (κ2) is 7.25. The van der Waals surface area contributed by atoms with Crippen LogP contribution in [0.15, 0.2) is 14.4 Å².